The molecule has 1 aromatic rings. The van der Waals surface area contributed by atoms with Crippen molar-refractivity contribution in [3.63, 3.8) is 0 Å². The molecule has 1 saturated heterocycles. The van der Waals surface area contributed by atoms with Gasteiger partial charge in [0.15, 0.2) is 0 Å². The second kappa shape index (κ2) is 7.65. The molecule has 0 unspecified atom stereocenters. The summed E-state index contributed by atoms with van der Waals surface area (Å²) in [5, 5.41) is 1.81. The number of amides is 2. The fourth-order valence-electron chi connectivity index (χ4n) is 2.41. The number of nitrogens with one attached hydrogen (secondary N) is 1. The molecule has 8 heteroatoms. The average molecular weight is 344 g/mol. The summed E-state index contributed by atoms with van der Waals surface area (Å²) in [6, 6.07) is 6.10. The average Bonchev–Trinajstić information content (AvgIpc) is 3.06. The summed E-state index contributed by atoms with van der Waals surface area (Å²) in [5.74, 6) is -0.887. The first-order valence-electron chi connectivity index (χ1n) is 7.57. The van der Waals surface area contributed by atoms with Gasteiger partial charge in [0.05, 0.1) is 0 Å². The Kier molecular flexibility index (Phi) is 5.82. The fraction of sp³-hybridized carbons (Fsp3) is 0.500. The molecule has 2 rings (SSSR count). The van der Waals surface area contributed by atoms with Crippen molar-refractivity contribution in [2.24, 2.45) is 0 Å². The third-order valence-corrected chi connectivity index (χ3v) is 3.67. The zero-order chi connectivity index (χ0) is 17.7. The second-order valence-corrected chi connectivity index (χ2v) is 5.69. The van der Waals surface area contributed by atoms with Crippen molar-refractivity contribution in [3.8, 4) is 0 Å². The number of hydrogen-bond donors (Lipinski definition) is 1. The predicted molar refractivity (Wildman–Crippen MR) is 80.3 cm³/mol. The van der Waals surface area contributed by atoms with Gasteiger partial charge in [0.1, 0.15) is 12.6 Å². The molecule has 5 nitrogen and oxygen atoms in total. The van der Waals surface area contributed by atoms with Gasteiger partial charge in [-0.1, -0.05) is 12.1 Å². The van der Waals surface area contributed by atoms with E-state index in [2.05, 4.69) is 0 Å². The van der Waals surface area contributed by atoms with Gasteiger partial charge in [-0.05, 0) is 30.5 Å². The van der Waals surface area contributed by atoms with Crippen LogP contribution in [0.3, 0.4) is 0 Å². The Balaban J connectivity index is 1.89. The molecule has 1 aromatic carbocycles. The maximum absolute atomic E-state index is 12.1. The van der Waals surface area contributed by atoms with Crippen LogP contribution in [0.15, 0.2) is 24.3 Å². The van der Waals surface area contributed by atoms with Crippen LogP contribution in [0.25, 0.3) is 0 Å². The van der Waals surface area contributed by atoms with Crippen LogP contribution in [0.5, 0.6) is 0 Å². The van der Waals surface area contributed by atoms with Gasteiger partial charge in [0, 0.05) is 25.8 Å². The highest BCUT2D eigenvalue weighted by Crippen LogP contribution is 2.16. The SMILES string of the molecule is CN(Cc1ccc(C(=O)NCC(F)(F)F)cc1)C(=O)[C@H]1CCCO1. The van der Waals surface area contributed by atoms with Gasteiger partial charge >= 0.3 is 6.18 Å². The Morgan fingerprint density at radius 1 is 1.29 bits per heavy atom. The molecule has 1 aliphatic rings. The molecule has 0 spiro atoms. The standard InChI is InChI=1S/C16H19F3N2O3/c1-21(15(23)13-3-2-8-24-13)9-11-4-6-12(7-5-11)14(22)20-10-16(17,18)19/h4-7,13H,2-3,8-10H2,1H3,(H,20,22)/t13-/m1/s1. The van der Waals surface area contributed by atoms with Crippen molar-refractivity contribution in [1.29, 1.82) is 0 Å². The molecule has 1 atom stereocenters. The van der Waals surface area contributed by atoms with Crippen LogP contribution in [-0.2, 0) is 16.1 Å². The van der Waals surface area contributed by atoms with Crippen LogP contribution in [0, 0.1) is 0 Å². The topological polar surface area (TPSA) is 58.6 Å². The summed E-state index contributed by atoms with van der Waals surface area (Å²) in [6.45, 7) is -0.443. The second-order valence-electron chi connectivity index (χ2n) is 5.69. The van der Waals surface area contributed by atoms with Crippen LogP contribution in [0.2, 0.25) is 0 Å². The number of ether oxygens (including phenoxy) is 1. The molecule has 0 aromatic heterocycles. The lowest BCUT2D eigenvalue weighted by molar-refractivity contribution is -0.140. The Bertz CT molecular complexity index is 581. The van der Waals surface area contributed by atoms with E-state index >= 15 is 0 Å². The zero-order valence-corrected chi connectivity index (χ0v) is 13.2. The lowest BCUT2D eigenvalue weighted by atomic mass is 10.1. The summed E-state index contributed by atoms with van der Waals surface area (Å²) in [5.41, 5.74) is 0.910. The number of benzene rings is 1. The molecule has 1 aliphatic heterocycles. The van der Waals surface area contributed by atoms with Gasteiger partial charge in [-0.15, -0.1) is 0 Å². The van der Waals surface area contributed by atoms with Gasteiger partial charge in [-0.2, -0.15) is 13.2 Å². The van der Waals surface area contributed by atoms with E-state index in [-0.39, 0.29) is 11.5 Å². The van der Waals surface area contributed by atoms with Crippen molar-refractivity contribution >= 4 is 11.8 Å². The van der Waals surface area contributed by atoms with E-state index in [9.17, 15) is 22.8 Å². The first-order chi connectivity index (χ1) is 11.3. The Hall–Kier alpha value is -2.09. The first-order valence-corrected chi connectivity index (χ1v) is 7.57. The van der Waals surface area contributed by atoms with E-state index in [1.807, 2.05) is 5.32 Å². The Morgan fingerprint density at radius 2 is 1.96 bits per heavy atom. The highest BCUT2D eigenvalue weighted by atomic mass is 19.4. The molecule has 2 amide bonds. The quantitative estimate of drug-likeness (QED) is 0.890. The summed E-state index contributed by atoms with van der Waals surface area (Å²) in [6.07, 6.45) is -3.27. The van der Waals surface area contributed by atoms with Crippen LogP contribution in [-0.4, -0.2) is 49.2 Å². The normalized spacial score (nSPS) is 17.6. The van der Waals surface area contributed by atoms with Gasteiger partial charge in [-0.3, -0.25) is 9.59 Å². The van der Waals surface area contributed by atoms with Gasteiger partial charge in [0.25, 0.3) is 11.8 Å². The largest absolute Gasteiger partial charge is 0.405 e. The zero-order valence-electron chi connectivity index (χ0n) is 13.2. The van der Waals surface area contributed by atoms with Crippen molar-refractivity contribution < 1.29 is 27.5 Å². The van der Waals surface area contributed by atoms with Crippen molar-refractivity contribution in [2.75, 3.05) is 20.2 Å². The van der Waals surface area contributed by atoms with Crippen molar-refractivity contribution in [2.45, 2.75) is 31.7 Å². The van der Waals surface area contributed by atoms with Crippen LogP contribution in [0.4, 0.5) is 13.2 Å². The lowest BCUT2D eigenvalue weighted by Gasteiger charge is -2.20. The van der Waals surface area contributed by atoms with E-state index in [4.69, 9.17) is 4.74 Å². The van der Waals surface area contributed by atoms with Gasteiger partial charge in [0.2, 0.25) is 0 Å². The third kappa shape index (κ3) is 5.23. The maximum atomic E-state index is 12.1. The van der Waals surface area contributed by atoms with E-state index in [0.29, 0.717) is 19.6 Å². The summed E-state index contributed by atoms with van der Waals surface area (Å²) in [4.78, 5) is 25.3. The van der Waals surface area contributed by atoms with Crippen molar-refractivity contribution in [3.05, 3.63) is 35.4 Å². The predicted octanol–water partition coefficient (Wildman–Crippen LogP) is 2.12. The number of nitrogens with zero attached hydrogens (tertiary/aromatic N) is 1. The monoisotopic (exact) mass is 344 g/mol. The number of carbonyl (C=O) groups excluding carboxylic acids is 2. The summed E-state index contributed by atoms with van der Waals surface area (Å²) >= 11 is 0. The van der Waals surface area contributed by atoms with E-state index < -0.39 is 24.7 Å². The molecular weight excluding hydrogens is 325 g/mol. The van der Waals surface area contributed by atoms with Crippen LogP contribution >= 0.6 is 0 Å². The summed E-state index contributed by atoms with van der Waals surface area (Å²) in [7, 11) is 1.66. The Labute approximate surface area is 137 Å². The minimum Gasteiger partial charge on any atom is -0.368 e. The molecule has 1 fully saturated rings. The highest BCUT2D eigenvalue weighted by Gasteiger charge is 2.28. The maximum Gasteiger partial charge on any atom is 0.405 e. The van der Waals surface area contributed by atoms with E-state index in [1.54, 1.807) is 19.2 Å². The smallest absolute Gasteiger partial charge is 0.368 e. The molecular formula is C16H19F3N2O3. The van der Waals surface area contributed by atoms with Gasteiger partial charge < -0.3 is 15.0 Å². The molecule has 24 heavy (non-hydrogen) atoms. The first kappa shape index (κ1) is 18.3. The molecule has 0 saturated carbocycles. The number of carbonyl (C=O) groups is 2. The molecule has 0 bridgehead atoms. The molecule has 1 heterocycles. The van der Waals surface area contributed by atoms with Crippen molar-refractivity contribution in [1.82, 2.24) is 10.2 Å². The molecule has 0 aliphatic carbocycles. The number of likely N-dealkylation sites (N-methyl/N-ethyl adjacent to an activating group) is 1. The number of halogens is 3. The lowest BCUT2D eigenvalue weighted by Crippen LogP contribution is -2.35. The van der Waals surface area contributed by atoms with Crippen LogP contribution in [0.1, 0.15) is 28.8 Å². The third-order valence-electron chi connectivity index (χ3n) is 3.67. The van der Waals surface area contributed by atoms with Gasteiger partial charge in [-0.25, -0.2) is 0 Å². The minimum atomic E-state index is -4.44. The van der Waals surface area contributed by atoms with E-state index in [0.717, 1.165) is 12.0 Å². The minimum absolute atomic E-state index is 0.0977. The number of alkyl halides is 3. The molecule has 0 radical (unpaired) electrons. The highest BCUT2D eigenvalue weighted by molar-refractivity contribution is 5.94. The molecule has 1 N–H and O–H groups in total. The number of rotatable bonds is 5. The number of hydrogen-bond acceptors (Lipinski definition) is 3. The fourth-order valence-corrected chi connectivity index (χ4v) is 2.41. The van der Waals surface area contributed by atoms with E-state index in [1.165, 1.54) is 17.0 Å². The molecule has 132 valence electrons. The summed E-state index contributed by atoms with van der Waals surface area (Å²) < 4.78 is 41.6. The van der Waals surface area contributed by atoms with Crippen LogP contribution < -0.4 is 5.32 Å². The Morgan fingerprint density at radius 3 is 2.50 bits per heavy atom.